The molecule has 2 unspecified atom stereocenters. The predicted molar refractivity (Wildman–Crippen MR) is 103 cm³/mol. The first-order valence-electron chi connectivity index (χ1n) is 8.81. The van der Waals surface area contributed by atoms with Gasteiger partial charge in [-0.3, -0.25) is 9.59 Å². The molecule has 0 bridgehead atoms. The molecule has 1 fully saturated rings. The number of nitrogens with zero attached hydrogens (tertiary/aromatic N) is 2. The summed E-state index contributed by atoms with van der Waals surface area (Å²) >= 11 is 5.81. The Balaban J connectivity index is 1.75. The fourth-order valence-corrected chi connectivity index (χ4v) is 3.28. The smallest absolute Gasteiger partial charge is 0.230 e. The molecule has 6 heteroatoms. The summed E-state index contributed by atoms with van der Waals surface area (Å²) in [6.07, 6.45) is 2.67. The number of pyridine rings is 1. The minimum Gasteiger partial charge on any atom is -0.311 e. The highest BCUT2D eigenvalue weighted by atomic mass is 35.5. The van der Waals surface area contributed by atoms with Crippen LogP contribution < -0.4 is 10.2 Å². The molecule has 1 saturated heterocycles. The Labute approximate surface area is 158 Å². The second-order valence-electron chi connectivity index (χ2n) is 6.62. The average Bonchev–Trinajstić information content (AvgIpc) is 3.04. The number of carbonyl (C=O) groups excluding carboxylic acids is 2. The fourth-order valence-electron chi connectivity index (χ4n) is 3.16. The first kappa shape index (κ1) is 18.4. The normalized spacial score (nSPS) is 18.0. The van der Waals surface area contributed by atoms with E-state index in [-0.39, 0.29) is 18.2 Å². The van der Waals surface area contributed by atoms with Gasteiger partial charge >= 0.3 is 0 Å². The van der Waals surface area contributed by atoms with Gasteiger partial charge in [0.1, 0.15) is 5.82 Å². The molecule has 1 aliphatic heterocycles. The number of halogens is 1. The van der Waals surface area contributed by atoms with Crippen LogP contribution >= 0.6 is 11.6 Å². The van der Waals surface area contributed by atoms with E-state index in [9.17, 15) is 9.59 Å². The highest BCUT2D eigenvalue weighted by Crippen LogP contribution is 2.33. The van der Waals surface area contributed by atoms with Gasteiger partial charge in [0.15, 0.2) is 0 Å². The van der Waals surface area contributed by atoms with Crippen LogP contribution in [0.5, 0.6) is 0 Å². The maximum Gasteiger partial charge on any atom is 0.230 e. The van der Waals surface area contributed by atoms with Crippen molar-refractivity contribution in [1.29, 1.82) is 0 Å². The molecule has 1 aromatic carbocycles. The van der Waals surface area contributed by atoms with Crippen molar-refractivity contribution in [3.05, 3.63) is 53.2 Å². The van der Waals surface area contributed by atoms with Gasteiger partial charge in [0, 0.05) is 24.8 Å². The van der Waals surface area contributed by atoms with Crippen LogP contribution in [0.2, 0.25) is 5.02 Å². The van der Waals surface area contributed by atoms with Crippen molar-refractivity contribution in [2.75, 3.05) is 16.8 Å². The number of hydrogen-bond acceptors (Lipinski definition) is 3. The quantitative estimate of drug-likeness (QED) is 0.855. The van der Waals surface area contributed by atoms with Crippen molar-refractivity contribution in [3.8, 4) is 0 Å². The van der Waals surface area contributed by atoms with Gasteiger partial charge in [-0.1, -0.05) is 43.6 Å². The molecule has 1 aromatic heterocycles. The van der Waals surface area contributed by atoms with Crippen LogP contribution in [0.25, 0.3) is 0 Å². The monoisotopic (exact) mass is 371 g/mol. The summed E-state index contributed by atoms with van der Waals surface area (Å²) in [4.78, 5) is 30.9. The van der Waals surface area contributed by atoms with Crippen LogP contribution in [-0.2, 0) is 9.59 Å². The predicted octanol–water partition coefficient (Wildman–Crippen LogP) is 4.24. The van der Waals surface area contributed by atoms with E-state index in [1.165, 1.54) is 6.20 Å². The summed E-state index contributed by atoms with van der Waals surface area (Å²) in [5.41, 5.74) is 2.05. The van der Waals surface area contributed by atoms with Crippen molar-refractivity contribution >= 4 is 34.9 Å². The zero-order valence-electron chi connectivity index (χ0n) is 14.9. The van der Waals surface area contributed by atoms with E-state index in [2.05, 4.69) is 30.2 Å². The summed E-state index contributed by atoms with van der Waals surface area (Å²) in [6.45, 7) is 4.66. The lowest BCUT2D eigenvalue weighted by molar-refractivity contribution is -0.122. The molecular formula is C20H22ClN3O2. The molecule has 1 aliphatic rings. The summed E-state index contributed by atoms with van der Waals surface area (Å²) in [6, 6.07) is 11.2. The van der Waals surface area contributed by atoms with E-state index in [4.69, 9.17) is 11.6 Å². The standard InChI is InChI=1S/C20H22ClN3O2/c1-3-13(2)16-6-4-5-7-17(16)24-12-14(10-19(24)25)20(26)23-18-9-8-15(21)11-22-18/h4-9,11,13-14H,3,10,12H2,1-2H3,(H,22,23,26). The highest BCUT2D eigenvalue weighted by molar-refractivity contribution is 6.30. The molecule has 2 aromatic rings. The summed E-state index contributed by atoms with van der Waals surface area (Å²) in [7, 11) is 0. The largest absolute Gasteiger partial charge is 0.311 e. The number of benzene rings is 1. The molecule has 0 saturated carbocycles. The van der Waals surface area contributed by atoms with Crippen LogP contribution in [0, 0.1) is 5.92 Å². The molecule has 2 amide bonds. The number of anilines is 2. The maximum atomic E-state index is 12.6. The third-order valence-electron chi connectivity index (χ3n) is 4.85. The first-order valence-corrected chi connectivity index (χ1v) is 9.19. The molecule has 2 atom stereocenters. The van der Waals surface area contributed by atoms with E-state index < -0.39 is 5.92 Å². The maximum absolute atomic E-state index is 12.6. The Bertz CT molecular complexity index is 807. The fraction of sp³-hybridized carbons (Fsp3) is 0.350. The molecule has 0 radical (unpaired) electrons. The SMILES string of the molecule is CCC(C)c1ccccc1N1CC(C(=O)Nc2ccc(Cl)cn2)CC1=O. The second-order valence-corrected chi connectivity index (χ2v) is 7.06. The summed E-state index contributed by atoms with van der Waals surface area (Å²) in [5, 5.41) is 3.27. The molecule has 3 rings (SSSR count). The lowest BCUT2D eigenvalue weighted by atomic mass is 9.96. The van der Waals surface area contributed by atoms with Crippen LogP contribution in [0.1, 0.15) is 38.2 Å². The summed E-state index contributed by atoms with van der Waals surface area (Å²) < 4.78 is 0. The van der Waals surface area contributed by atoms with Crippen molar-refractivity contribution in [1.82, 2.24) is 4.98 Å². The Morgan fingerprint density at radius 1 is 1.35 bits per heavy atom. The van der Waals surface area contributed by atoms with Crippen molar-refractivity contribution < 1.29 is 9.59 Å². The molecule has 2 heterocycles. The molecule has 1 N–H and O–H groups in total. The Kier molecular flexibility index (Phi) is 5.57. The molecule has 136 valence electrons. The number of nitrogens with one attached hydrogen (secondary N) is 1. The van der Waals surface area contributed by atoms with Gasteiger partial charge in [0.25, 0.3) is 0 Å². The number of carbonyl (C=O) groups is 2. The first-order chi connectivity index (χ1) is 12.5. The number of para-hydroxylation sites is 1. The van der Waals surface area contributed by atoms with E-state index in [1.807, 2.05) is 18.2 Å². The van der Waals surface area contributed by atoms with E-state index >= 15 is 0 Å². The highest BCUT2D eigenvalue weighted by Gasteiger charge is 2.36. The minimum atomic E-state index is -0.398. The number of amides is 2. The lowest BCUT2D eigenvalue weighted by Crippen LogP contribution is -2.29. The van der Waals surface area contributed by atoms with Crippen LogP contribution in [0.15, 0.2) is 42.6 Å². The molecule has 26 heavy (non-hydrogen) atoms. The minimum absolute atomic E-state index is 0.0232. The van der Waals surface area contributed by atoms with Crippen molar-refractivity contribution in [2.45, 2.75) is 32.6 Å². The van der Waals surface area contributed by atoms with E-state index in [0.29, 0.717) is 23.3 Å². The van der Waals surface area contributed by atoms with Crippen LogP contribution in [0.3, 0.4) is 0 Å². The zero-order valence-corrected chi connectivity index (χ0v) is 15.7. The van der Waals surface area contributed by atoms with Gasteiger partial charge < -0.3 is 10.2 Å². The van der Waals surface area contributed by atoms with Crippen LogP contribution in [0.4, 0.5) is 11.5 Å². The van der Waals surface area contributed by atoms with Crippen molar-refractivity contribution in [3.63, 3.8) is 0 Å². The average molecular weight is 372 g/mol. The van der Waals surface area contributed by atoms with E-state index in [1.54, 1.807) is 17.0 Å². The Morgan fingerprint density at radius 3 is 2.81 bits per heavy atom. The second kappa shape index (κ2) is 7.87. The van der Waals surface area contributed by atoms with Gasteiger partial charge in [-0.2, -0.15) is 0 Å². The third kappa shape index (κ3) is 3.88. The van der Waals surface area contributed by atoms with Gasteiger partial charge in [-0.15, -0.1) is 0 Å². The number of hydrogen-bond donors (Lipinski definition) is 1. The third-order valence-corrected chi connectivity index (χ3v) is 5.07. The molecule has 0 spiro atoms. The number of aromatic nitrogens is 1. The van der Waals surface area contributed by atoms with Crippen molar-refractivity contribution in [2.24, 2.45) is 5.92 Å². The number of rotatable bonds is 5. The molecule has 5 nitrogen and oxygen atoms in total. The van der Waals surface area contributed by atoms with Gasteiger partial charge in [-0.25, -0.2) is 4.98 Å². The zero-order chi connectivity index (χ0) is 18.7. The van der Waals surface area contributed by atoms with Gasteiger partial charge in [0.2, 0.25) is 11.8 Å². The summed E-state index contributed by atoms with van der Waals surface area (Å²) in [5.74, 6) is 0.169. The van der Waals surface area contributed by atoms with Gasteiger partial charge in [-0.05, 0) is 36.1 Å². The van der Waals surface area contributed by atoms with E-state index in [0.717, 1.165) is 17.7 Å². The van der Waals surface area contributed by atoms with Gasteiger partial charge in [0.05, 0.1) is 10.9 Å². The Morgan fingerprint density at radius 2 is 2.12 bits per heavy atom. The Hall–Kier alpha value is -2.40. The topological polar surface area (TPSA) is 62.3 Å². The lowest BCUT2D eigenvalue weighted by Gasteiger charge is -2.23. The molecular weight excluding hydrogens is 350 g/mol. The molecule has 0 aliphatic carbocycles. The van der Waals surface area contributed by atoms with Crippen LogP contribution in [-0.4, -0.2) is 23.3 Å².